The predicted octanol–water partition coefficient (Wildman–Crippen LogP) is 1.71. The number of ether oxygens (including phenoxy) is 2. The summed E-state index contributed by atoms with van der Waals surface area (Å²) in [6.07, 6.45) is 0.363. The first kappa shape index (κ1) is 16.3. The van der Waals surface area contributed by atoms with Gasteiger partial charge in [0, 0.05) is 6.42 Å². The van der Waals surface area contributed by atoms with Gasteiger partial charge in [-0.25, -0.2) is 0 Å². The Morgan fingerprint density at radius 2 is 1.90 bits per heavy atom. The van der Waals surface area contributed by atoms with E-state index in [0.717, 1.165) is 11.5 Å². The van der Waals surface area contributed by atoms with E-state index >= 15 is 0 Å². The SMILES string of the molecule is CCNC(C)(CC(C)Oc1ccc(OC)cc1)C(N)=O. The van der Waals surface area contributed by atoms with Gasteiger partial charge in [-0.1, -0.05) is 6.92 Å². The van der Waals surface area contributed by atoms with Crippen molar-refractivity contribution in [1.82, 2.24) is 5.32 Å². The first-order chi connectivity index (χ1) is 9.41. The lowest BCUT2D eigenvalue weighted by molar-refractivity contribution is -0.124. The van der Waals surface area contributed by atoms with Crippen molar-refractivity contribution in [3.8, 4) is 11.5 Å². The Bertz CT molecular complexity index is 433. The van der Waals surface area contributed by atoms with Gasteiger partial charge in [0.15, 0.2) is 0 Å². The highest BCUT2D eigenvalue weighted by molar-refractivity contribution is 5.84. The van der Waals surface area contributed by atoms with E-state index in [9.17, 15) is 4.79 Å². The molecule has 0 fully saturated rings. The van der Waals surface area contributed by atoms with Gasteiger partial charge in [0.25, 0.3) is 0 Å². The molecule has 112 valence electrons. The standard InChI is InChI=1S/C15H24N2O3/c1-5-17-15(3,14(16)18)10-11(2)20-13-8-6-12(19-4)7-9-13/h6-9,11,17H,5,10H2,1-4H3,(H2,16,18). The maximum absolute atomic E-state index is 11.6. The molecule has 0 spiro atoms. The summed E-state index contributed by atoms with van der Waals surface area (Å²) >= 11 is 0. The van der Waals surface area contributed by atoms with Gasteiger partial charge in [0.2, 0.25) is 5.91 Å². The van der Waals surface area contributed by atoms with Crippen LogP contribution < -0.4 is 20.5 Å². The van der Waals surface area contributed by atoms with Crippen LogP contribution in [0.2, 0.25) is 0 Å². The molecule has 0 radical (unpaired) electrons. The number of amides is 1. The summed E-state index contributed by atoms with van der Waals surface area (Å²) in [6, 6.07) is 7.34. The summed E-state index contributed by atoms with van der Waals surface area (Å²) in [5.41, 5.74) is 4.70. The number of primary amides is 1. The number of carbonyl (C=O) groups excluding carboxylic acids is 1. The fourth-order valence-electron chi connectivity index (χ4n) is 2.15. The minimum absolute atomic E-state index is 0.139. The van der Waals surface area contributed by atoms with Crippen LogP contribution in [-0.4, -0.2) is 31.2 Å². The van der Waals surface area contributed by atoms with Crippen molar-refractivity contribution in [3.05, 3.63) is 24.3 Å². The number of hydrogen-bond donors (Lipinski definition) is 2. The highest BCUT2D eigenvalue weighted by Gasteiger charge is 2.32. The molecule has 5 heteroatoms. The van der Waals surface area contributed by atoms with Crippen LogP contribution in [0, 0.1) is 0 Å². The zero-order valence-corrected chi connectivity index (χ0v) is 12.6. The van der Waals surface area contributed by atoms with Crippen LogP contribution in [0.15, 0.2) is 24.3 Å². The van der Waals surface area contributed by atoms with Gasteiger partial charge in [-0.2, -0.15) is 0 Å². The number of nitrogens with two attached hydrogens (primary N) is 1. The normalized spacial score (nSPS) is 15.2. The number of likely N-dealkylation sites (N-methyl/N-ethyl adjacent to an activating group) is 1. The highest BCUT2D eigenvalue weighted by Crippen LogP contribution is 2.21. The highest BCUT2D eigenvalue weighted by atomic mass is 16.5. The van der Waals surface area contributed by atoms with Gasteiger partial charge in [-0.3, -0.25) is 4.79 Å². The molecule has 3 N–H and O–H groups in total. The maximum Gasteiger partial charge on any atom is 0.237 e. The van der Waals surface area contributed by atoms with Crippen LogP contribution in [0.25, 0.3) is 0 Å². The molecule has 0 aromatic heterocycles. The zero-order valence-electron chi connectivity index (χ0n) is 12.6. The van der Waals surface area contributed by atoms with E-state index in [1.54, 1.807) is 14.0 Å². The first-order valence-electron chi connectivity index (χ1n) is 6.77. The molecule has 0 aliphatic rings. The van der Waals surface area contributed by atoms with Crippen molar-refractivity contribution in [2.24, 2.45) is 5.73 Å². The van der Waals surface area contributed by atoms with Crippen molar-refractivity contribution in [2.75, 3.05) is 13.7 Å². The molecule has 0 aliphatic heterocycles. The lowest BCUT2D eigenvalue weighted by Gasteiger charge is -2.30. The minimum atomic E-state index is -0.763. The van der Waals surface area contributed by atoms with E-state index in [1.165, 1.54) is 0 Å². The summed E-state index contributed by atoms with van der Waals surface area (Å²) in [5.74, 6) is 1.14. The van der Waals surface area contributed by atoms with Crippen molar-refractivity contribution < 1.29 is 14.3 Å². The van der Waals surface area contributed by atoms with Crippen LogP contribution in [0.1, 0.15) is 27.2 Å². The predicted molar refractivity (Wildman–Crippen MR) is 79.0 cm³/mol. The van der Waals surface area contributed by atoms with Crippen molar-refractivity contribution in [3.63, 3.8) is 0 Å². The van der Waals surface area contributed by atoms with E-state index in [2.05, 4.69) is 5.32 Å². The lowest BCUT2D eigenvalue weighted by atomic mass is 9.94. The molecular formula is C15H24N2O3. The van der Waals surface area contributed by atoms with Crippen molar-refractivity contribution in [2.45, 2.75) is 38.8 Å². The van der Waals surface area contributed by atoms with Gasteiger partial charge in [0.05, 0.1) is 18.8 Å². The Morgan fingerprint density at radius 3 is 2.35 bits per heavy atom. The summed E-state index contributed by atoms with van der Waals surface area (Å²) in [5, 5.41) is 3.12. The van der Waals surface area contributed by atoms with Crippen molar-refractivity contribution >= 4 is 5.91 Å². The topological polar surface area (TPSA) is 73.6 Å². The van der Waals surface area contributed by atoms with E-state index in [4.69, 9.17) is 15.2 Å². The zero-order chi connectivity index (χ0) is 15.2. The Morgan fingerprint density at radius 1 is 1.35 bits per heavy atom. The second-order valence-electron chi connectivity index (χ2n) is 5.03. The second kappa shape index (κ2) is 7.14. The third-order valence-electron chi connectivity index (χ3n) is 3.20. The summed E-state index contributed by atoms with van der Waals surface area (Å²) in [7, 11) is 1.62. The van der Waals surface area contributed by atoms with Crippen LogP contribution in [0.4, 0.5) is 0 Å². The summed E-state index contributed by atoms with van der Waals surface area (Å²) in [4.78, 5) is 11.6. The molecule has 1 rings (SSSR count). The largest absolute Gasteiger partial charge is 0.497 e. The van der Waals surface area contributed by atoms with E-state index in [0.29, 0.717) is 13.0 Å². The summed E-state index contributed by atoms with van der Waals surface area (Å²) in [6.45, 7) is 6.33. The Kier molecular flexibility index (Phi) is 5.82. The van der Waals surface area contributed by atoms with Crippen LogP contribution >= 0.6 is 0 Å². The number of benzene rings is 1. The molecule has 0 heterocycles. The quantitative estimate of drug-likeness (QED) is 0.760. The van der Waals surface area contributed by atoms with Crippen LogP contribution in [0.5, 0.6) is 11.5 Å². The number of carbonyl (C=O) groups is 1. The average molecular weight is 280 g/mol. The number of methoxy groups -OCH3 is 1. The molecule has 1 aromatic carbocycles. The molecule has 0 saturated carbocycles. The maximum atomic E-state index is 11.6. The number of rotatable bonds is 8. The van der Waals surface area contributed by atoms with Crippen LogP contribution in [-0.2, 0) is 4.79 Å². The fraction of sp³-hybridized carbons (Fsp3) is 0.533. The van der Waals surface area contributed by atoms with Gasteiger partial charge in [-0.05, 0) is 44.7 Å². The molecule has 5 nitrogen and oxygen atoms in total. The Balaban J connectivity index is 2.65. The van der Waals surface area contributed by atoms with Crippen LogP contribution in [0.3, 0.4) is 0 Å². The summed E-state index contributed by atoms with van der Waals surface area (Å²) < 4.78 is 10.9. The molecule has 1 aromatic rings. The Labute approximate surface area is 120 Å². The first-order valence-corrected chi connectivity index (χ1v) is 6.77. The molecular weight excluding hydrogens is 256 g/mol. The molecule has 2 unspecified atom stereocenters. The van der Waals surface area contributed by atoms with Crippen molar-refractivity contribution in [1.29, 1.82) is 0 Å². The number of hydrogen-bond acceptors (Lipinski definition) is 4. The molecule has 0 saturated heterocycles. The third-order valence-corrected chi connectivity index (χ3v) is 3.20. The molecule has 1 amide bonds. The molecule has 20 heavy (non-hydrogen) atoms. The molecule has 2 atom stereocenters. The lowest BCUT2D eigenvalue weighted by Crippen LogP contribution is -2.55. The monoisotopic (exact) mass is 280 g/mol. The van der Waals surface area contributed by atoms with Gasteiger partial charge in [-0.15, -0.1) is 0 Å². The third kappa shape index (κ3) is 4.42. The van der Waals surface area contributed by atoms with Gasteiger partial charge < -0.3 is 20.5 Å². The second-order valence-corrected chi connectivity index (χ2v) is 5.03. The van der Waals surface area contributed by atoms with E-state index < -0.39 is 5.54 Å². The van der Waals surface area contributed by atoms with E-state index in [1.807, 2.05) is 38.1 Å². The molecule has 0 aliphatic carbocycles. The fourth-order valence-corrected chi connectivity index (χ4v) is 2.15. The smallest absolute Gasteiger partial charge is 0.237 e. The molecule has 0 bridgehead atoms. The van der Waals surface area contributed by atoms with Gasteiger partial charge >= 0.3 is 0 Å². The van der Waals surface area contributed by atoms with Gasteiger partial charge in [0.1, 0.15) is 11.5 Å². The number of nitrogens with one attached hydrogen (secondary N) is 1. The average Bonchev–Trinajstić information content (AvgIpc) is 2.39. The van der Waals surface area contributed by atoms with E-state index in [-0.39, 0.29) is 12.0 Å². The minimum Gasteiger partial charge on any atom is -0.497 e. The Hall–Kier alpha value is -1.75.